The van der Waals surface area contributed by atoms with Crippen LogP contribution in [0.4, 0.5) is 4.39 Å². The first kappa shape index (κ1) is 12.3. The van der Waals surface area contributed by atoms with Crippen molar-refractivity contribution in [1.82, 2.24) is 0 Å². The van der Waals surface area contributed by atoms with E-state index in [9.17, 15) is 4.39 Å². The van der Waals surface area contributed by atoms with E-state index in [-0.39, 0.29) is 6.61 Å². The standard InChI is InChI=1S/C15H12FNO/c16-15-8-13(9-17)6-7-14(15)11-18-10-12-4-2-1-3-5-12/h1-8H,10-11H2. The fourth-order valence-corrected chi connectivity index (χ4v) is 1.59. The topological polar surface area (TPSA) is 33.0 Å². The minimum atomic E-state index is -0.401. The van der Waals surface area contributed by atoms with Gasteiger partial charge in [-0.25, -0.2) is 4.39 Å². The lowest BCUT2D eigenvalue weighted by Gasteiger charge is -2.05. The van der Waals surface area contributed by atoms with E-state index in [1.807, 2.05) is 36.4 Å². The number of rotatable bonds is 4. The molecule has 90 valence electrons. The third-order valence-corrected chi connectivity index (χ3v) is 2.55. The van der Waals surface area contributed by atoms with Crippen LogP contribution in [0.2, 0.25) is 0 Å². The van der Waals surface area contributed by atoms with Crippen LogP contribution in [0, 0.1) is 17.1 Å². The van der Waals surface area contributed by atoms with E-state index in [1.165, 1.54) is 6.07 Å². The summed E-state index contributed by atoms with van der Waals surface area (Å²) >= 11 is 0. The second kappa shape index (κ2) is 5.95. The fraction of sp³-hybridized carbons (Fsp3) is 0.133. The Labute approximate surface area is 105 Å². The summed E-state index contributed by atoms with van der Waals surface area (Å²) in [5, 5.41) is 8.63. The van der Waals surface area contributed by atoms with Crippen molar-refractivity contribution in [1.29, 1.82) is 5.26 Å². The van der Waals surface area contributed by atoms with Crippen molar-refractivity contribution in [2.45, 2.75) is 13.2 Å². The van der Waals surface area contributed by atoms with Gasteiger partial charge in [0.05, 0.1) is 24.8 Å². The highest BCUT2D eigenvalue weighted by Gasteiger charge is 2.03. The van der Waals surface area contributed by atoms with E-state index in [0.717, 1.165) is 5.56 Å². The maximum atomic E-state index is 13.5. The normalized spacial score (nSPS) is 10.0. The Hall–Kier alpha value is -2.18. The van der Waals surface area contributed by atoms with Crippen LogP contribution in [0.3, 0.4) is 0 Å². The molecule has 18 heavy (non-hydrogen) atoms. The van der Waals surface area contributed by atoms with Crippen molar-refractivity contribution in [2.75, 3.05) is 0 Å². The molecule has 2 rings (SSSR count). The number of ether oxygens (including phenoxy) is 1. The molecule has 0 unspecified atom stereocenters. The van der Waals surface area contributed by atoms with Crippen molar-refractivity contribution in [3.63, 3.8) is 0 Å². The molecule has 3 heteroatoms. The summed E-state index contributed by atoms with van der Waals surface area (Å²) < 4.78 is 19.0. The monoisotopic (exact) mass is 241 g/mol. The van der Waals surface area contributed by atoms with Gasteiger partial charge >= 0.3 is 0 Å². The minimum absolute atomic E-state index is 0.201. The third kappa shape index (κ3) is 3.16. The van der Waals surface area contributed by atoms with Gasteiger partial charge < -0.3 is 4.74 Å². The quantitative estimate of drug-likeness (QED) is 0.821. The highest BCUT2D eigenvalue weighted by Crippen LogP contribution is 2.12. The van der Waals surface area contributed by atoms with Gasteiger partial charge in [0.1, 0.15) is 5.82 Å². The number of hydrogen-bond acceptors (Lipinski definition) is 2. The van der Waals surface area contributed by atoms with Gasteiger partial charge in [0.15, 0.2) is 0 Å². The number of nitriles is 1. The summed E-state index contributed by atoms with van der Waals surface area (Å²) in [6, 6.07) is 16.0. The molecule has 0 aliphatic heterocycles. The minimum Gasteiger partial charge on any atom is -0.372 e. The van der Waals surface area contributed by atoms with Gasteiger partial charge in [-0.3, -0.25) is 0 Å². The average Bonchev–Trinajstić information content (AvgIpc) is 2.42. The van der Waals surface area contributed by atoms with Gasteiger partial charge in [0.25, 0.3) is 0 Å². The molecule has 0 saturated heterocycles. The van der Waals surface area contributed by atoms with Crippen LogP contribution in [-0.2, 0) is 18.0 Å². The number of benzene rings is 2. The molecule has 0 spiro atoms. The van der Waals surface area contributed by atoms with Gasteiger partial charge in [-0.15, -0.1) is 0 Å². The summed E-state index contributed by atoms with van der Waals surface area (Å²) in [6.45, 7) is 0.646. The number of hydrogen-bond donors (Lipinski definition) is 0. The van der Waals surface area contributed by atoms with Gasteiger partial charge in [-0.05, 0) is 17.7 Å². The lowest BCUT2D eigenvalue weighted by atomic mass is 10.1. The Bertz CT molecular complexity index is 560. The van der Waals surface area contributed by atoms with Crippen molar-refractivity contribution in [3.05, 3.63) is 71.0 Å². The molecular weight excluding hydrogens is 229 g/mol. The maximum Gasteiger partial charge on any atom is 0.130 e. The largest absolute Gasteiger partial charge is 0.372 e. The van der Waals surface area contributed by atoms with Crippen LogP contribution in [0.5, 0.6) is 0 Å². The van der Waals surface area contributed by atoms with E-state index >= 15 is 0 Å². The molecule has 2 aromatic rings. The molecule has 0 bridgehead atoms. The molecule has 0 radical (unpaired) electrons. The van der Waals surface area contributed by atoms with Crippen LogP contribution >= 0.6 is 0 Å². The smallest absolute Gasteiger partial charge is 0.130 e. The van der Waals surface area contributed by atoms with Gasteiger partial charge in [-0.1, -0.05) is 36.4 Å². The SMILES string of the molecule is N#Cc1ccc(COCc2ccccc2)c(F)c1. The third-order valence-electron chi connectivity index (χ3n) is 2.55. The predicted octanol–water partition coefficient (Wildman–Crippen LogP) is 3.41. The molecule has 0 heterocycles. The van der Waals surface area contributed by atoms with Crippen LogP contribution in [0.1, 0.15) is 16.7 Å². The molecule has 2 nitrogen and oxygen atoms in total. The van der Waals surface area contributed by atoms with Crippen LogP contribution in [0.25, 0.3) is 0 Å². The Balaban J connectivity index is 1.93. The summed E-state index contributed by atoms with van der Waals surface area (Å²) in [5.74, 6) is -0.401. The van der Waals surface area contributed by atoms with E-state index < -0.39 is 5.82 Å². The Morgan fingerprint density at radius 3 is 2.50 bits per heavy atom. The molecule has 0 saturated carbocycles. The fourth-order valence-electron chi connectivity index (χ4n) is 1.59. The van der Waals surface area contributed by atoms with Crippen molar-refractivity contribution < 1.29 is 9.13 Å². The Morgan fingerprint density at radius 1 is 1.06 bits per heavy atom. The van der Waals surface area contributed by atoms with Gasteiger partial charge in [0.2, 0.25) is 0 Å². The average molecular weight is 241 g/mol. The maximum absolute atomic E-state index is 13.5. The van der Waals surface area contributed by atoms with E-state index in [4.69, 9.17) is 10.00 Å². The molecule has 0 aliphatic carbocycles. The zero-order valence-electron chi connectivity index (χ0n) is 9.77. The van der Waals surface area contributed by atoms with E-state index in [1.54, 1.807) is 12.1 Å². The molecular formula is C15H12FNO. The van der Waals surface area contributed by atoms with Crippen LogP contribution in [0.15, 0.2) is 48.5 Å². The second-order valence-electron chi connectivity index (χ2n) is 3.90. The lowest BCUT2D eigenvalue weighted by molar-refractivity contribution is 0.105. The van der Waals surface area contributed by atoms with Gasteiger partial charge in [-0.2, -0.15) is 5.26 Å². The van der Waals surface area contributed by atoms with Crippen molar-refractivity contribution in [2.24, 2.45) is 0 Å². The van der Waals surface area contributed by atoms with E-state index in [2.05, 4.69) is 0 Å². The highest BCUT2D eigenvalue weighted by atomic mass is 19.1. The zero-order chi connectivity index (χ0) is 12.8. The predicted molar refractivity (Wildman–Crippen MR) is 66.1 cm³/mol. The van der Waals surface area contributed by atoms with E-state index in [0.29, 0.717) is 17.7 Å². The molecule has 0 N–H and O–H groups in total. The summed E-state index contributed by atoms with van der Waals surface area (Å²) in [5.41, 5.74) is 1.83. The first-order valence-corrected chi connectivity index (χ1v) is 5.60. The van der Waals surface area contributed by atoms with Gasteiger partial charge in [0, 0.05) is 5.56 Å². The molecule has 0 aromatic heterocycles. The highest BCUT2D eigenvalue weighted by molar-refractivity contribution is 5.32. The summed E-state index contributed by atoms with van der Waals surface area (Å²) in [7, 11) is 0. The summed E-state index contributed by atoms with van der Waals surface area (Å²) in [6.07, 6.45) is 0. The molecule has 2 aromatic carbocycles. The molecule has 0 amide bonds. The molecule has 0 atom stereocenters. The van der Waals surface area contributed by atoms with Crippen molar-refractivity contribution in [3.8, 4) is 6.07 Å². The molecule has 0 fully saturated rings. The Kier molecular flexibility index (Phi) is 4.06. The summed E-state index contributed by atoms with van der Waals surface area (Å²) in [4.78, 5) is 0. The number of halogens is 1. The Morgan fingerprint density at radius 2 is 1.83 bits per heavy atom. The lowest BCUT2D eigenvalue weighted by Crippen LogP contribution is -1.97. The van der Waals surface area contributed by atoms with Crippen LogP contribution in [-0.4, -0.2) is 0 Å². The first-order chi connectivity index (χ1) is 8.79. The van der Waals surface area contributed by atoms with Crippen molar-refractivity contribution >= 4 is 0 Å². The first-order valence-electron chi connectivity index (χ1n) is 5.60. The second-order valence-corrected chi connectivity index (χ2v) is 3.90. The zero-order valence-corrected chi connectivity index (χ0v) is 9.77. The molecule has 0 aliphatic rings. The van der Waals surface area contributed by atoms with Crippen LogP contribution < -0.4 is 0 Å². The number of nitrogens with zero attached hydrogens (tertiary/aromatic N) is 1.